The molecule has 16 heteroatoms. The predicted molar refractivity (Wildman–Crippen MR) is 145 cm³/mol. The smallest absolute Gasteiger partial charge is 0.197 e. The standard InChI is InChI=1S/C28H32O16/c1-40-14-6-15-18(12(33)5-13(41-15)9-2-3-10(31)11(32)4-9)22(36)19(14)26-27(24(38)21(35)16(7-29)42-26)44-28-25(39)23(37)20(34)17(8-30)43-28/h2-6,16-17,20-21,23-32,34-39H,7-8H2,1H3/t16-,17-,20-,21-,23+,24+,25-,26+,27-,28+/m1/s1. The Hall–Kier alpha value is -3.55. The molecule has 0 spiro atoms. The van der Waals surface area contributed by atoms with Crippen molar-refractivity contribution >= 4 is 11.0 Å². The van der Waals surface area contributed by atoms with Crippen LogP contribution in [0.5, 0.6) is 23.0 Å². The number of hydrogen-bond acceptors (Lipinski definition) is 16. The van der Waals surface area contributed by atoms with Gasteiger partial charge in [-0.05, 0) is 18.2 Å². The topological polar surface area (TPSA) is 269 Å². The van der Waals surface area contributed by atoms with Gasteiger partial charge in [0.15, 0.2) is 23.2 Å². The van der Waals surface area contributed by atoms with E-state index in [0.717, 1.165) is 12.1 Å². The number of aliphatic hydroxyl groups is 7. The van der Waals surface area contributed by atoms with E-state index in [1.165, 1.54) is 25.3 Å². The molecule has 1 aromatic heterocycles. The maximum Gasteiger partial charge on any atom is 0.197 e. The Labute approximate surface area is 247 Å². The van der Waals surface area contributed by atoms with Crippen molar-refractivity contribution in [2.24, 2.45) is 0 Å². The third kappa shape index (κ3) is 5.45. The number of phenols is 3. The van der Waals surface area contributed by atoms with Gasteiger partial charge in [-0.2, -0.15) is 0 Å². The summed E-state index contributed by atoms with van der Waals surface area (Å²) in [5.74, 6) is -1.83. The lowest BCUT2D eigenvalue weighted by molar-refractivity contribution is -0.342. The summed E-state index contributed by atoms with van der Waals surface area (Å²) in [6.45, 7) is -1.59. The Morgan fingerprint density at radius 1 is 0.795 bits per heavy atom. The summed E-state index contributed by atoms with van der Waals surface area (Å²) in [5, 5.41) is 102. The lowest BCUT2D eigenvalue weighted by atomic mass is 9.89. The van der Waals surface area contributed by atoms with Crippen LogP contribution in [0.3, 0.4) is 0 Å². The van der Waals surface area contributed by atoms with Crippen LogP contribution in [0.1, 0.15) is 11.7 Å². The van der Waals surface area contributed by atoms with Gasteiger partial charge in [-0.15, -0.1) is 0 Å². The Balaban J connectivity index is 1.62. The molecule has 10 N–H and O–H groups in total. The molecule has 0 saturated carbocycles. The number of aromatic hydroxyl groups is 3. The van der Waals surface area contributed by atoms with Gasteiger partial charge >= 0.3 is 0 Å². The van der Waals surface area contributed by atoms with Crippen molar-refractivity contribution in [3.63, 3.8) is 0 Å². The first kappa shape index (κ1) is 31.9. The molecule has 0 amide bonds. The average Bonchev–Trinajstić information content (AvgIpc) is 3.00. The second kappa shape index (κ2) is 12.4. The van der Waals surface area contributed by atoms with E-state index in [9.17, 15) is 55.9 Å². The maximum atomic E-state index is 13.3. The van der Waals surface area contributed by atoms with Crippen molar-refractivity contribution in [1.29, 1.82) is 0 Å². The number of methoxy groups -OCH3 is 1. The molecule has 240 valence electrons. The van der Waals surface area contributed by atoms with Gasteiger partial charge in [-0.3, -0.25) is 4.79 Å². The number of benzene rings is 2. The fraction of sp³-hybridized carbons (Fsp3) is 0.464. The number of rotatable bonds is 7. The van der Waals surface area contributed by atoms with Crippen LogP contribution in [-0.2, 0) is 14.2 Å². The van der Waals surface area contributed by atoms with Gasteiger partial charge in [0.1, 0.15) is 83.2 Å². The zero-order chi connectivity index (χ0) is 32.0. The van der Waals surface area contributed by atoms with Crippen LogP contribution in [0.25, 0.3) is 22.3 Å². The Bertz CT molecular complexity index is 1550. The van der Waals surface area contributed by atoms with Crippen molar-refractivity contribution in [1.82, 2.24) is 0 Å². The third-order valence-corrected chi connectivity index (χ3v) is 7.77. The van der Waals surface area contributed by atoms with Crippen LogP contribution in [0.4, 0.5) is 0 Å². The molecule has 2 aliphatic rings. The predicted octanol–water partition coefficient (Wildman–Crippen LogP) is -2.08. The number of hydrogen-bond donors (Lipinski definition) is 10. The molecular formula is C28H32O16. The van der Waals surface area contributed by atoms with E-state index in [1.807, 2.05) is 0 Å². The molecule has 2 aliphatic heterocycles. The highest BCUT2D eigenvalue weighted by molar-refractivity contribution is 5.88. The molecule has 5 rings (SSSR count). The Morgan fingerprint density at radius 3 is 2.09 bits per heavy atom. The molecule has 0 unspecified atom stereocenters. The highest BCUT2D eigenvalue weighted by Gasteiger charge is 2.52. The summed E-state index contributed by atoms with van der Waals surface area (Å²) in [5.41, 5.74) is -1.02. The minimum Gasteiger partial charge on any atom is -0.506 e. The first-order chi connectivity index (χ1) is 20.9. The number of phenolic OH excluding ortho intramolecular Hbond substituents is 3. The van der Waals surface area contributed by atoms with Gasteiger partial charge < -0.3 is 74.4 Å². The van der Waals surface area contributed by atoms with Crippen LogP contribution < -0.4 is 10.2 Å². The fourth-order valence-corrected chi connectivity index (χ4v) is 5.37. The minimum absolute atomic E-state index is 0.0383. The lowest BCUT2D eigenvalue weighted by Crippen LogP contribution is -2.62. The molecule has 0 radical (unpaired) electrons. The van der Waals surface area contributed by atoms with Gasteiger partial charge in [-0.1, -0.05) is 0 Å². The lowest BCUT2D eigenvalue weighted by Gasteiger charge is -2.46. The minimum atomic E-state index is -1.91. The van der Waals surface area contributed by atoms with E-state index in [-0.39, 0.29) is 33.6 Å². The van der Waals surface area contributed by atoms with Gasteiger partial charge in [0.05, 0.1) is 25.9 Å². The van der Waals surface area contributed by atoms with E-state index in [4.69, 9.17) is 23.4 Å². The van der Waals surface area contributed by atoms with Gasteiger partial charge in [0.25, 0.3) is 0 Å². The Morgan fingerprint density at radius 2 is 1.45 bits per heavy atom. The Kier molecular flexibility index (Phi) is 9.01. The molecule has 2 aromatic carbocycles. The van der Waals surface area contributed by atoms with E-state index in [0.29, 0.717) is 0 Å². The summed E-state index contributed by atoms with van der Waals surface area (Å²) in [6.07, 6.45) is -17.1. The van der Waals surface area contributed by atoms with Crippen molar-refractivity contribution in [3.8, 4) is 34.3 Å². The third-order valence-electron chi connectivity index (χ3n) is 7.77. The first-order valence-electron chi connectivity index (χ1n) is 13.4. The molecule has 10 atom stereocenters. The molecule has 44 heavy (non-hydrogen) atoms. The average molecular weight is 625 g/mol. The van der Waals surface area contributed by atoms with Gasteiger partial charge in [0.2, 0.25) is 0 Å². The summed E-state index contributed by atoms with van der Waals surface area (Å²) < 4.78 is 28.2. The van der Waals surface area contributed by atoms with Crippen LogP contribution in [-0.4, -0.2) is 127 Å². The molecule has 2 fully saturated rings. The monoisotopic (exact) mass is 624 g/mol. The van der Waals surface area contributed by atoms with Crippen LogP contribution in [0.2, 0.25) is 0 Å². The quantitative estimate of drug-likeness (QED) is 0.126. The van der Waals surface area contributed by atoms with Crippen LogP contribution in [0, 0.1) is 0 Å². The van der Waals surface area contributed by atoms with E-state index in [1.54, 1.807) is 0 Å². The van der Waals surface area contributed by atoms with Crippen molar-refractivity contribution in [3.05, 3.63) is 46.1 Å². The van der Waals surface area contributed by atoms with Crippen molar-refractivity contribution < 1.29 is 74.4 Å². The highest BCUT2D eigenvalue weighted by Crippen LogP contribution is 2.46. The molecule has 0 aliphatic carbocycles. The molecule has 0 bridgehead atoms. The first-order valence-corrected chi connectivity index (χ1v) is 13.4. The number of fused-ring (bicyclic) bond motifs is 1. The summed E-state index contributed by atoms with van der Waals surface area (Å²) in [7, 11) is 1.20. The molecule has 16 nitrogen and oxygen atoms in total. The highest BCUT2D eigenvalue weighted by atomic mass is 16.7. The van der Waals surface area contributed by atoms with E-state index >= 15 is 0 Å². The fourth-order valence-electron chi connectivity index (χ4n) is 5.37. The zero-order valence-corrected chi connectivity index (χ0v) is 23.0. The van der Waals surface area contributed by atoms with Crippen LogP contribution in [0.15, 0.2) is 39.5 Å². The summed E-state index contributed by atoms with van der Waals surface area (Å²) in [6, 6.07) is 5.95. The van der Waals surface area contributed by atoms with Crippen LogP contribution >= 0.6 is 0 Å². The van der Waals surface area contributed by atoms with Crippen molar-refractivity contribution in [2.45, 2.75) is 61.2 Å². The second-order valence-corrected chi connectivity index (χ2v) is 10.4. The number of aliphatic hydroxyl groups excluding tert-OH is 7. The maximum absolute atomic E-state index is 13.3. The normalized spacial score (nSPS) is 32.5. The summed E-state index contributed by atoms with van der Waals surface area (Å²) >= 11 is 0. The molecule has 3 heterocycles. The molecule has 3 aromatic rings. The largest absolute Gasteiger partial charge is 0.506 e. The van der Waals surface area contributed by atoms with Gasteiger partial charge in [0, 0.05) is 17.7 Å². The van der Waals surface area contributed by atoms with E-state index in [2.05, 4.69) is 0 Å². The molecule has 2 saturated heterocycles. The summed E-state index contributed by atoms with van der Waals surface area (Å²) in [4.78, 5) is 13.3. The number of ether oxygens (including phenoxy) is 4. The van der Waals surface area contributed by atoms with E-state index < -0.39 is 97.1 Å². The molecular weight excluding hydrogens is 592 g/mol. The zero-order valence-electron chi connectivity index (χ0n) is 23.0. The second-order valence-electron chi connectivity index (χ2n) is 10.4. The van der Waals surface area contributed by atoms with Gasteiger partial charge in [-0.25, -0.2) is 0 Å². The SMILES string of the molecule is COc1cc2oc(-c3ccc(O)c(O)c3)cc(=O)c2c(O)c1[C@@H]1O[C@H](CO)[C@@H](O)[C@H](O)[C@H]1O[C@@H]1O[C@H](CO)[C@@H](O)[C@H](O)[C@H]1O. The van der Waals surface area contributed by atoms with Crippen molar-refractivity contribution in [2.75, 3.05) is 20.3 Å².